The summed E-state index contributed by atoms with van der Waals surface area (Å²) in [6.07, 6.45) is 5.94. The number of benzene rings is 1. The summed E-state index contributed by atoms with van der Waals surface area (Å²) in [6, 6.07) is 19.9. The predicted octanol–water partition coefficient (Wildman–Crippen LogP) is 3.77. The summed E-state index contributed by atoms with van der Waals surface area (Å²) >= 11 is 0. The van der Waals surface area contributed by atoms with Crippen molar-refractivity contribution in [3.63, 3.8) is 0 Å². The van der Waals surface area contributed by atoms with E-state index in [1.54, 1.807) is 18.6 Å². The first-order valence-corrected chi connectivity index (χ1v) is 8.33. The Kier molecular flexibility index (Phi) is 4.35. The lowest BCUT2D eigenvalue weighted by Crippen LogP contribution is -2.06. The Morgan fingerprint density at radius 1 is 0.731 bits per heavy atom. The Morgan fingerprint density at radius 3 is 2.19 bits per heavy atom. The van der Waals surface area contributed by atoms with Gasteiger partial charge in [0, 0.05) is 36.1 Å². The van der Waals surface area contributed by atoms with Crippen molar-refractivity contribution >= 4 is 5.95 Å². The average Bonchev–Trinajstić information content (AvgIpc) is 2.71. The number of rotatable bonds is 4. The van der Waals surface area contributed by atoms with Crippen molar-refractivity contribution in [2.24, 2.45) is 0 Å². The van der Waals surface area contributed by atoms with E-state index in [1.165, 1.54) is 5.56 Å². The van der Waals surface area contributed by atoms with Crippen LogP contribution in [0.5, 0.6) is 0 Å². The maximum absolute atomic E-state index is 6.03. The van der Waals surface area contributed by atoms with Crippen LogP contribution in [0, 0.1) is 0 Å². The molecule has 3 aromatic heterocycles. The fourth-order valence-electron chi connectivity index (χ4n) is 2.93. The van der Waals surface area contributed by atoms with Crippen LogP contribution in [0.1, 0.15) is 11.1 Å². The van der Waals surface area contributed by atoms with Gasteiger partial charge in [-0.05, 0) is 29.8 Å². The van der Waals surface area contributed by atoms with Gasteiger partial charge in [0.2, 0.25) is 5.95 Å². The van der Waals surface area contributed by atoms with E-state index in [0.717, 1.165) is 28.2 Å². The highest BCUT2D eigenvalue weighted by molar-refractivity contribution is 5.73. The molecule has 5 heteroatoms. The number of aromatic nitrogens is 4. The van der Waals surface area contributed by atoms with Crippen molar-refractivity contribution in [1.29, 1.82) is 0 Å². The van der Waals surface area contributed by atoms with E-state index in [9.17, 15) is 0 Å². The Hall–Kier alpha value is -3.60. The first-order chi connectivity index (χ1) is 12.8. The summed E-state index contributed by atoms with van der Waals surface area (Å²) in [7, 11) is 0. The van der Waals surface area contributed by atoms with Gasteiger partial charge in [-0.15, -0.1) is 0 Å². The molecule has 1 aromatic carbocycles. The topological polar surface area (TPSA) is 77.6 Å². The smallest absolute Gasteiger partial charge is 0.221 e. The lowest BCUT2D eigenvalue weighted by Gasteiger charge is -2.14. The van der Waals surface area contributed by atoms with Gasteiger partial charge in [-0.3, -0.25) is 9.97 Å². The summed E-state index contributed by atoms with van der Waals surface area (Å²) in [5.74, 6) is 0.231. The van der Waals surface area contributed by atoms with Crippen LogP contribution in [0.3, 0.4) is 0 Å². The average molecular weight is 339 g/mol. The molecule has 0 saturated carbocycles. The molecule has 0 fully saturated rings. The van der Waals surface area contributed by atoms with Crippen LogP contribution < -0.4 is 5.73 Å². The number of anilines is 1. The van der Waals surface area contributed by atoms with Gasteiger partial charge in [-0.2, -0.15) is 0 Å². The van der Waals surface area contributed by atoms with E-state index in [1.807, 2.05) is 48.5 Å². The number of hydrogen-bond acceptors (Lipinski definition) is 5. The highest BCUT2D eigenvalue weighted by atomic mass is 15.0. The third kappa shape index (κ3) is 3.28. The van der Waals surface area contributed by atoms with E-state index in [2.05, 4.69) is 32.1 Å². The third-order valence-corrected chi connectivity index (χ3v) is 4.11. The second kappa shape index (κ2) is 7.11. The maximum atomic E-state index is 6.03. The second-order valence-electron chi connectivity index (χ2n) is 5.87. The highest BCUT2D eigenvalue weighted by Gasteiger charge is 2.17. The minimum atomic E-state index is 0.231. The van der Waals surface area contributed by atoms with Gasteiger partial charge in [-0.1, -0.05) is 36.4 Å². The summed E-state index contributed by atoms with van der Waals surface area (Å²) in [6.45, 7) is 0. The largest absolute Gasteiger partial charge is 0.368 e. The summed E-state index contributed by atoms with van der Waals surface area (Å²) < 4.78 is 0. The number of hydrogen-bond donors (Lipinski definition) is 1. The normalized spacial score (nSPS) is 10.6. The van der Waals surface area contributed by atoms with E-state index in [-0.39, 0.29) is 5.95 Å². The summed E-state index contributed by atoms with van der Waals surface area (Å²) in [4.78, 5) is 17.6. The van der Waals surface area contributed by atoms with Crippen LogP contribution in [0.25, 0.3) is 22.6 Å². The molecular formula is C21H17N5. The molecule has 126 valence electrons. The van der Waals surface area contributed by atoms with Gasteiger partial charge in [0.05, 0.1) is 17.1 Å². The van der Waals surface area contributed by atoms with Gasteiger partial charge in [0.1, 0.15) is 0 Å². The van der Waals surface area contributed by atoms with Crippen LogP contribution in [0.15, 0.2) is 79.3 Å². The quantitative estimate of drug-likeness (QED) is 0.612. The molecule has 3 heterocycles. The molecule has 0 bridgehead atoms. The molecule has 26 heavy (non-hydrogen) atoms. The van der Waals surface area contributed by atoms with Gasteiger partial charge in [0.25, 0.3) is 0 Å². The van der Waals surface area contributed by atoms with Crippen molar-refractivity contribution in [1.82, 2.24) is 19.9 Å². The van der Waals surface area contributed by atoms with Crippen molar-refractivity contribution in [2.75, 3.05) is 5.73 Å². The zero-order valence-electron chi connectivity index (χ0n) is 14.1. The molecule has 2 N–H and O–H groups in total. The van der Waals surface area contributed by atoms with Crippen LogP contribution in [-0.2, 0) is 6.42 Å². The number of pyridine rings is 2. The van der Waals surface area contributed by atoms with Gasteiger partial charge in [0.15, 0.2) is 0 Å². The number of nitrogen functional groups attached to an aromatic ring is 1. The fourth-order valence-corrected chi connectivity index (χ4v) is 2.93. The molecule has 5 nitrogen and oxygen atoms in total. The molecule has 0 spiro atoms. The van der Waals surface area contributed by atoms with E-state index < -0.39 is 0 Å². The van der Waals surface area contributed by atoms with Crippen molar-refractivity contribution in [2.45, 2.75) is 6.42 Å². The SMILES string of the molecule is Nc1nc(-c2ccncc2)c(Cc2ccccc2)c(-c2ccccn2)n1. The Labute approximate surface area is 151 Å². The predicted molar refractivity (Wildman–Crippen MR) is 102 cm³/mol. The number of nitrogens with two attached hydrogens (primary N) is 1. The van der Waals surface area contributed by atoms with E-state index >= 15 is 0 Å². The monoisotopic (exact) mass is 339 g/mol. The molecular weight excluding hydrogens is 322 g/mol. The molecule has 0 aliphatic heterocycles. The number of nitrogens with zero attached hydrogens (tertiary/aromatic N) is 4. The minimum Gasteiger partial charge on any atom is -0.368 e. The van der Waals surface area contributed by atoms with Gasteiger partial charge < -0.3 is 5.73 Å². The van der Waals surface area contributed by atoms with E-state index in [4.69, 9.17) is 5.73 Å². The van der Waals surface area contributed by atoms with Crippen LogP contribution in [0.4, 0.5) is 5.95 Å². The fraction of sp³-hybridized carbons (Fsp3) is 0.0476. The van der Waals surface area contributed by atoms with Crippen molar-refractivity contribution < 1.29 is 0 Å². The molecule has 0 radical (unpaired) electrons. The molecule has 0 unspecified atom stereocenters. The van der Waals surface area contributed by atoms with Crippen molar-refractivity contribution in [3.8, 4) is 22.6 Å². The van der Waals surface area contributed by atoms with Crippen LogP contribution in [-0.4, -0.2) is 19.9 Å². The van der Waals surface area contributed by atoms with Crippen LogP contribution in [0.2, 0.25) is 0 Å². The zero-order chi connectivity index (χ0) is 17.8. The third-order valence-electron chi connectivity index (χ3n) is 4.11. The lowest BCUT2D eigenvalue weighted by atomic mass is 9.97. The van der Waals surface area contributed by atoms with Crippen LogP contribution >= 0.6 is 0 Å². The maximum Gasteiger partial charge on any atom is 0.221 e. The van der Waals surface area contributed by atoms with Gasteiger partial charge >= 0.3 is 0 Å². The molecule has 0 aliphatic rings. The molecule has 0 amide bonds. The summed E-state index contributed by atoms with van der Waals surface area (Å²) in [5.41, 5.74) is 11.5. The first kappa shape index (κ1) is 15.9. The zero-order valence-corrected chi connectivity index (χ0v) is 14.1. The Bertz CT molecular complexity index is 942. The van der Waals surface area contributed by atoms with E-state index in [0.29, 0.717) is 6.42 Å². The highest BCUT2D eigenvalue weighted by Crippen LogP contribution is 2.31. The molecule has 0 saturated heterocycles. The Balaban J connectivity index is 1.95. The lowest BCUT2D eigenvalue weighted by molar-refractivity contribution is 1.08. The standard InChI is InChI=1S/C21H17N5/c22-21-25-19(16-9-12-23-13-10-16)17(14-15-6-2-1-3-7-15)20(26-21)18-8-4-5-11-24-18/h1-13H,14H2,(H2,22,25,26). The summed E-state index contributed by atoms with van der Waals surface area (Å²) in [5, 5.41) is 0. The van der Waals surface area contributed by atoms with Gasteiger partial charge in [-0.25, -0.2) is 9.97 Å². The molecule has 4 rings (SSSR count). The molecule has 4 aromatic rings. The van der Waals surface area contributed by atoms with Crippen molar-refractivity contribution in [3.05, 3.63) is 90.4 Å². The minimum absolute atomic E-state index is 0.231. The first-order valence-electron chi connectivity index (χ1n) is 8.33. The molecule has 0 aliphatic carbocycles. The molecule has 0 atom stereocenters. The Morgan fingerprint density at radius 2 is 1.46 bits per heavy atom. The second-order valence-corrected chi connectivity index (χ2v) is 5.87.